The van der Waals surface area contributed by atoms with Gasteiger partial charge in [0.05, 0.1) is 23.7 Å². The molecule has 1 aromatic rings. The lowest BCUT2D eigenvalue weighted by Crippen LogP contribution is -2.44. The smallest absolute Gasteiger partial charge is 0.318 e. The molecule has 0 saturated heterocycles. The Hall–Kier alpha value is -4.19. The van der Waals surface area contributed by atoms with Crippen molar-refractivity contribution in [3.63, 3.8) is 0 Å². The fourth-order valence-electron chi connectivity index (χ4n) is 4.83. The lowest BCUT2D eigenvalue weighted by molar-refractivity contribution is -0.177. The molecule has 3 rings (SSSR count). The molecule has 0 spiro atoms. The second-order valence-corrected chi connectivity index (χ2v) is 11.1. The number of benzene rings is 1. The standard InChI is InChI=1S/C31H38O12/c1-19-9-3-8-14-25(19)40-15-20(32)16-41-30(39)31(2,17-42-28(37)23-12-6-4-10-21(23)26(33)34)18-43-29(38)24-13-7-5-11-22(24)27(35)36/h3-9,14,20-24,32H,10-13,15-18H2,1-2H3,(H,33,34)(H,35,36). The lowest BCUT2D eigenvalue weighted by atomic mass is 9.83. The number of carboxylic acids is 2. The third-order valence-corrected chi connectivity index (χ3v) is 7.60. The summed E-state index contributed by atoms with van der Waals surface area (Å²) in [6, 6.07) is 7.16. The zero-order chi connectivity index (χ0) is 31.6. The number of carboxylic acid groups (broad SMARTS) is 2. The Morgan fingerprint density at radius 1 is 0.767 bits per heavy atom. The van der Waals surface area contributed by atoms with Gasteiger partial charge < -0.3 is 34.3 Å². The fourth-order valence-corrected chi connectivity index (χ4v) is 4.83. The van der Waals surface area contributed by atoms with Crippen molar-refractivity contribution >= 4 is 29.8 Å². The van der Waals surface area contributed by atoms with Crippen LogP contribution in [0.25, 0.3) is 0 Å². The van der Waals surface area contributed by atoms with Gasteiger partial charge in [0, 0.05) is 0 Å². The number of ether oxygens (including phenoxy) is 4. The number of hydrogen-bond acceptors (Lipinski definition) is 10. The molecular formula is C31H38O12. The average Bonchev–Trinajstić information content (AvgIpc) is 3.00. The summed E-state index contributed by atoms with van der Waals surface area (Å²) in [7, 11) is 0. The summed E-state index contributed by atoms with van der Waals surface area (Å²) in [6.45, 7) is 1.26. The zero-order valence-corrected chi connectivity index (χ0v) is 24.2. The van der Waals surface area contributed by atoms with E-state index in [9.17, 15) is 39.3 Å². The molecule has 234 valence electrons. The first-order valence-electron chi connectivity index (χ1n) is 14.1. The Kier molecular flexibility index (Phi) is 11.9. The first kappa shape index (κ1) is 33.3. The Labute approximate surface area is 249 Å². The second-order valence-electron chi connectivity index (χ2n) is 11.1. The third kappa shape index (κ3) is 9.15. The molecule has 0 bridgehead atoms. The summed E-state index contributed by atoms with van der Waals surface area (Å²) < 4.78 is 21.7. The van der Waals surface area contributed by atoms with E-state index in [0.717, 1.165) is 5.56 Å². The maximum absolute atomic E-state index is 13.3. The van der Waals surface area contributed by atoms with E-state index in [1.54, 1.807) is 36.4 Å². The van der Waals surface area contributed by atoms with Crippen molar-refractivity contribution in [2.24, 2.45) is 29.1 Å². The van der Waals surface area contributed by atoms with Crippen LogP contribution in [-0.4, -0.2) is 77.7 Å². The molecule has 2 aliphatic carbocycles. The largest absolute Gasteiger partial charge is 0.490 e. The number of aliphatic hydroxyl groups is 1. The number of allylic oxidation sites excluding steroid dienone is 4. The highest BCUT2D eigenvalue weighted by molar-refractivity contribution is 5.84. The van der Waals surface area contributed by atoms with Gasteiger partial charge >= 0.3 is 29.8 Å². The van der Waals surface area contributed by atoms with E-state index in [4.69, 9.17) is 18.9 Å². The number of esters is 3. The number of aryl methyl sites for hydroxylation is 1. The molecule has 43 heavy (non-hydrogen) atoms. The van der Waals surface area contributed by atoms with Crippen molar-refractivity contribution in [1.82, 2.24) is 0 Å². The second kappa shape index (κ2) is 15.3. The zero-order valence-electron chi connectivity index (χ0n) is 24.2. The number of aliphatic hydroxyl groups excluding tert-OH is 1. The van der Waals surface area contributed by atoms with Crippen LogP contribution in [0, 0.1) is 36.0 Å². The predicted molar refractivity (Wildman–Crippen MR) is 150 cm³/mol. The van der Waals surface area contributed by atoms with Gasteiger partial charge in [-0.25, -0.2) is 0 Å². The van der Waals surface area contributed by atoms with Gasteiger partial charge in [0.2, 0.25) is 0 Å². The summed E-state index contributed by atoms with van der Waals surface area (Å²) in [5.74, 6) is -8.33. The van der Waals surface area contributed by atoms with Crippen molar-refractivity contribution < 1.29 is 58.2 Å². The van der Waals surface area contributed by atoms with Crippen molar-refractivity contribution in [1.29, 1.82) is 0 Å². The minimum absolute atomic E-state index is 0.144. The van der Waals surface area contributed by atoms with Crippen LogP contribution in [0.2, 0.25) is 0 Å². The maximum atomic E-state index is 13.3. The van der Waals surface area contributed by atoms with Crippen LogP contribution >= 0.6 is 0 Å². The number of hydrogen-bond donors (Lipinski definition) is 3. The van der Waals surface area contributed by atoms with Gasteiger partial charge in [0.15, 0.2) is 0 Å². The maximum Gasteiger partial charge on any atom is 0.318 e. The SMILES string of the molecule is Cc1ccccc1OCC(O)COC(=O)C(C)(COC(=O)C1CC=CCC1C(=O)O)COC(=O)C1CC=CCC1C(=O)O. The molecule has 0 amide bonds. The third-order valence-electron chi connectivity index (χ3n) is 7.60. The molecule has 5 atom stereocenters. The van der Waals surface area contributed by atoms with E-state index < -0.39 is 84.9 Å². The van der Waals surface area contributed by atoms with Crippen molar-refractivity contribution in [2.45, 2.75) is 45.6 Å². The van der Waals surface area contributed by atoms with Crippen molar-refractivity contribution in [3.05, 3.63) is 54.1 Å². The van der Waals surface area contributed by atoms with E-state index >= 15 is 0 Å². The molecule has 3 N–H and O–H groups in total. The normalized spacial score (nSPS) is 23.3. The van der Waals surface area contributed by atoms with E-state index in [1.165, 1.54) is 6.92 Å². The quantitative estimate of drug-likeness (QED) is 0.161. The first-order chi connectivity index (χ1) is 20.4. The van der Waals surface area contributed by atoms with Crippen LogP contribution in [0.3, 0.4) is 0 Å². The molecule has 0 aliphatic heterocycles. The predicted octanol–water partition coefficient (Wildman–Crippen LogP) is 2.70. The lowest BCUT2D eigenvalue weighted by Gasteiger charge is -2.30. The van der Waals surface area contributed by atoms with Crippen LogP contribution in [0.1, 0.15) is 38.2 Å². The van der Waals surface area contributed by atoms with Gasteiger partial charge in [-0.1, -0.05) is 42.5 Å². The van der Waals surface area contributed by atoms with Gasteiger partial charge in [-0.3, -0.25) is 24.0 Å². The van der Waals surface area contributed by atoms with E-state index in [1.807, 2.05) is 19.1 Å². The summed E-state index contributed by atoms with van der Waals surface area (Å²) in [6.07, 6.45) is 6.07. The summed E-state index contributed by atoms with van der Waals surface area (Å²) in [5.41, 5.74) is -0.908. The number of carbonyl (C=O) groups is 5. The Morgan fingerprint density at radius 3 is 1.70 bits per heavy atom. The van der Waals surface area contributed by atoms with E-state index in [0.29, 0.717) is 5.75 Å². The Balaban J connectivity index is 1.67. The highest BCUT2D eigenvalue weighted by atomic mass is 16.6. The van der Waals surface area contributed by atoms with Gasteiger partial charge in [0.1, 0.15) is 43.7 Å². The van der Waals surface area contributed by atoms with Gasteiger partial charge in [-0.2, -0.15) is 0 Å². The van der Waals surface area contributed by atoms with Crippen LogP contribution in [0.4, 0.5) is 0 Å². The first-order valence-corrected chi connectivity index (χ1v) is 14.1. The topological polar surface area (TPSA) is 183 Å². The number of carbonyl (C=O) groups excluding carboxylic acids is 3. The molecule has 12 heteroatoms. The molecule has 1 aromatic carbocycles. The molecular weight excluding hydrogens is 564 g/mol. The molecule has 0 saturated carbocycles. The summed E-state index contributed by atoms with van der Waals surface area (Å²) in [5, 5.41) is 29.4. The average molecular weight is 603 g/mol. The van der Waals surface area contributed by atoms with E-state index in [2.05, 4.69) is 0 Å². The molecule has 0 heterocycles. The molecule has 0 fully saturated rings. The molecule has 5 unspecified atom stereocenters. The summed E-state index contributed by atoms with van der Waals surface area (Å²) in [4.78, 5) is 62.3. The van der Waals surface area contributed by atoms with Gasteiger partial charge in [-0.15, -0.1) is 0 Å². The van der Waals surface area contributed by atoms with E-state index in [-0.39, 0.29) is 32.3 Å². The highest BCUT2D eigenvalue weighted by Gasteiger charge is 2.43. The number of para-hydroxylation sites is 1. The van der Waals surface area contributed by atoms with Crippen molar-refractivity contribution in [3.8, 4) is 5.75 Å². The van der Waals surface area contributed by atoms with Crippen molar-refractivity contribution in [2.75, 3.05) is 26.4 Å². The van der Waals surface area contributed by atoms with Gasteiger partial charge in [0.25, 0.3) is 0 Å². The van der Waals surface area contributed by atoms with Gasteiger partial charge in [-0.05, 0) is 51.2 Å². The number of aliphatic carboxylic acids is 2. The number of rotatable bonds is 14. The minimum atomic E-state index is -1.76. The molecule has 0 radical (unpaired) electrons. The van der Waals surface area contributed by atoms with Crippen LogP contribution in [-0.2, 0) is 38.2 Å². The minimum Gasteiger partial charge on any atom is -0.490 e. The van der Waals surface area contributed by atoms with Crippen LogP contribution in [0.15, 0.2) is 48.6 Å². The molecule has 2 aliphatic rings. The molecule has 0 aromatic heterocycles. The molecule has 12 nitrogen and oxygen atoms in total. The highest BCUT2D eigenvalue weighted by Crippen LogP contribution is 2.31. The monoisotopic (exact) mass is 602 g/mol. The fraction of sp³-hybridized carbons (Fsp3) is 0.516. The Bertz CT molecular complexity index is 1180. The van der Waals surface area contributed by atoms with Crippen LogP contribution < -0.4 is 4.74 Å². The summed E-state index contributed by atoms with van der Waals surface area (Å²) >= 11 is 0. The van der Waals surface area contributed by atoms with Crippen LogP contribution in [0.5, 0.6) is 5.75 Å². The Morgan fingerprint density at radius 2 is 1.23 bits per heavy atom.